The van der Waals surface area contributed by atoms with E-state index in [1.54, 1.807) is 15.9 Å². The minimum Gasteiger partial charge on any atom is -0.394 e. The largest absolute Gasteiger partial charge is 0.394 e. The van der Waals surface area contributed by atoms with Crippen LogP contribution in [-0.4, -0.2) is 74.3 Å². The van der Waals surface area contributed by atoms with Gasteiger partial charge in [0.05, 0.1) is 30.7 Å². The highest BCUT2D eigenvalue weighted by Gasteiger charge is 2.40. The summed E-state index contributed by atoms with van der Waals surface area (Å²) in [5, 5.41) is 21.8. The fourth-order valence-electron chi connectivity index (χ4n) is 5.56. The van der Waals surface area contributed by atoms with Crippen molar-refractivity contribution >= 4 is 18.2 Å². The average molecular weight is 550 g/mol. The Balaban J connectivity index is 1.47. The summed E-state index contributed by atoms with van der Waals surface area (Å²) >= 11 is 0. The number of benzene rings is 1. The van der Waals surface area contributed by atoms with Crippen LogP contribution in [0.1, 0.15) is 89.3 Å². The first-order valence-corrected chi connectivity index (χ1v) is 14.1. The Morgan fingerprint density at radius 2 is 1.88 bits per heavy atom. The summed E-state index contributed by atoms with van der Waals surface area (Å²) in [5.41, 5.74) is 3.67. The van der Waals surface area contributed by atoms with Crippen molar-refractivity contribution in [3.63, 3.8) is 0 Å². The lowest BCUT2D eigenvalue weighted by atomic mass is 9.93. The Hall–Kier alpha value is -3.53. The molecule has 10 nitrogen and oxygen atoms in total. The summed E-state index contributed by atoms with van der Waals surface area (Å²) in [6, 6.07) is 6.27. The number of hydrogen-bond donors (Lipinski definition) is 2. The molecule has 4 atom stereocenters. The Kier molecular flexibility index (Phi) is 8.77. The van der Waals surface area contributed by atoms with Gasteiger partial charge in [0.25, 0.3) is 0 Å². The molecule has 2 amide bonds. The monoisotopic (exact) mass is 549 g/mol. The highest BCUT2D eigenvalue weighted by atomic mass is 16.3. The Morgan fingerprint density at radius 3 is 2.45 bits per heavy atom. The number of aliphatic hydroxyl groups excluding tert-OH is 1. The minimum atomic E-state index is -0.601. The number of carbonyl (C=O) groups is 2. The van der Waals surface area contributed by atoms with Crippen LogP contribution in [0.2, 0.25) is 0 Å². The number of nitrogens with zero attached hydrogens (tertiary/aromatic N) is 6. The number of rotatable bonds is 8. The zero-order chi connectivity index (χ0) is 29.2. The van der Waals surface area contributed by atoms with Crippen molar-refractivity contribution in [2.45, 2.75) is 84.0 Å². The van der Waals surface area contributed by atoms with E-state index in [1.165, 1.54) is 0 Å². The topological polar surface area (TPSA) is 116 Å². The maximum atomic E-state index is 13.8. The number of carbonyl (C=O) groups excluding carboxylic acids is 2. The van der Waals surface area contributed by atoms with E-state index < -0.39 is 18.1 Å². The van der Waals surface area contributed by atoms with Crippen LogP contribution in [0.3, 0.4) is 0 Å². The van der Waals surface area contributed by atoms with Crippen LogP contribution in [0.4, 0.5) is 0 Å². The number of hydrogen-bond acceptors (Lipinski definition) is 7. The van der Waals surface area contributed by atoms with Gasteiger partial charge in [-0.1, -0.05) is 64.1 Å². The van der Waals surface area contributed by atoms with E-state index in [9.17, 15) is 14.7 Å². The lowest BCUT2D eigenvalue weighted by molar-refractivity contribution is -0.142. The molecular weight excluding hydrogens is 506 g/mol. The molecule has 1 aromatic heterocycles. The molecule has 0 spiro atoms. The van der Waals surface area contributed by atoms with Crippen LogP contribution >= 0.6 is 0 Å². The van der Waals surface area contributed by atoms with E-state index in [-0.39, 0.29) is 35.8 Å². The van der Waals surface area contributed by atoms with Crippen molar-refractivity contribution in [2.24, 2.45) is 10.9 Å². The van der Waals surface area contributed by atoms with Gasteiger partial charge in [0.15, 0.2) is 0 Å². The number of likely N-dealkylation sites (tertiary alicyclic amines) is 1. The second-order valence-corrected chi connectivity index (χ2v) is 12.3. The van der Waals surface area contributed by atoms with Crippen LogP contribution in [-0.2, 0) is 15.0 Å². The molecule has 2 aliphatic heterocycles. The first kappa shape index (κ1) is 29.5. The summed E-state index contributed by atoms with van der Waals surface area (Å²) in [7, 11) is 1.99. The average Bonchev–Trinajstić information content (AvgIpc) is 3.58. The molecule has 0 aliphatic carbocycles. The third-order valence-electron chi connectivity index (χ3n) is 7.81. The molecule has 2 aromatic rings. The normalized spacial score (nSPS) is 21.0. The SMILES string of the molecule is CC1=CN=CN(C)C1c1ccc([C@H](CO)NC(=O)[C@@H]2CCCN2C(=O)[C@H](C(C)C)n2cc(C(C)(C)C)nn2)cc1. The van der Waals surface area contributed by atoms with Gasteiger partial charge in [-0.25, -0.2) is 9.67 Å². The number of nitrogens with one attached hydrogen (secondary N) is 1. The highest BCUT2D eigenvalue weighted by Crippen LogP contribution is 2.31. The van der Waals surface area contributed by atoms with Gasteiger partial charge in [-0.3, -0.25) is 9.59 Å². The quantitative estimate of drug-likeness (QED) is 0.521. The third-order valence-corrected chi connectivity index (χ3v) is 7.81. The summed E-state index contributed by atoms with van der Waals surface area (Å²) in [6.45, 7) is 12.4. The van der Waals surface area contributed by atoms with Gasteiger partial charge < -0.3 is 20.2 Å². The zero-order valence-electron chi connectivity index (χ0n) is 24.7. The second-order valence-electron chi connectivity index (χ2n) is 12.3. The van der Waals surface area contributed by atoms with Gasteiger partial charge in [0.1, 0.15) is 12.1 Å². The summed E-state index contributed by atoms with van der Waals surface area (Å²) in [4.78, 5) is 35.3. The van der Waals surface area contributed by atoms with Gasteiger partial charge in [0, 0.05) is 31.4 Å². The number of likely N-dealkylation sites (N-methyl/N-ethyl adjacent to an activating group) is 1. The van der Waals surface area contributed by atoms with Crippen LogP contribution in [0.25, 0.3) is 0 Å². The Labute approximate surface area is 237 Å². The predicted molar refractivity (Wildman–Crippen MR) is 154 cm³/mol. The fourth-order valence-corrected chi connectivity index (χ4v) is 5.56. The van der Waals surface area contributed by atoms with Crippen molar-refractivity contribution in [1.82, 2.24) is 30.1 Å². The number of aromatic nitrogens is 3. The summed E-state index contributed by atoms with van der Waals surface area (Å²) in [6.07, 6.45) is 6.82. The molecule has 0 saturated carbocycles. The molecule has 1 saturated heterocycles. The van der Waals surface area contributed by atoms with Crippen molar-refractivity contribution in [2.75, 3.05) is 20.2 Å². The molecule has 1 unspecified atom stereocenters. The van der Waals surface area contributed by atoms with E-state index in [4.69, 9.17) is 0 Å². The molecule has 4 rings (SSSR count). The van der Waals surface area contributed by atoms with E-state index >= 15 is 0 Å². The minimum absolute atomic E-state index is 0.0389. The first-order chi connectivity index (χ1) is 18.9. The van der Waals surface area contributed by atoms with Crippen molar-refractivity contribution in [3.05, 3.63) is 59.1 Å². The van der Waals surface area contributed by atoms with Crippen molar-refractivity contribution < 1.29 is 14.7 Å². The molecule has 0 radical (unpaired) electrons. The Bertz CT molecular complexity index is 1260. The van der Waals surface area contributed by atoms with Crippen LogP contribution in [0.5, 0.6) is 0 Å². The van der Waals surface area contributed by atoms with Crippen LogP contribution < -0.4 is 5.32 Å². The van der Waals surface area contributed by atoms with Gasteiger partial charge in [-0.05, 0) is 42.4 Å². The lowest BCUT2D eigenvalue weighted by Gasteiger charge is -2.31. The predicted octanol–water partition coefficient (Wildman–Crippen LogP) is 3.53. The number of amides is 2. The fraction of sp³-hybridized carbons (Fsp3) is 0.567. The number of aliphatic hydroxyl groups is 1. The zero-order valence-corrected chi connectivity index (χ0v) is 24.7. The first-order valence-electron chi connectivity index (χ1n) is 14.1. The van der Waals surface area contributed by atoms with Gasteiger partial charge in [-0.2, -0.15) is 0 Å². The molecule has 2 aliphatic rings. The highest BCUT2D eigenvalue weighted by molar-refractivity contribution is 5.90. The standard InChI is InChI=1S/C30H43N7O3/c1-19(2)26(37-16-25(33-34-37)30(4,5)6)29(40)36-14-8-9-24(36)28(39)32-23(17-38)21-10-12-22(13-11-21)27-20(3)15-31-18-35(27)7/h10-13,15-16,18-19,23-24,26-27,38H,8-9,14,17H2,1-7H3,(H,32,39)/t23-,24-,26-,27?/m0/s1. The molecule has 40 heavy (non-hydrogen) atoms. The van der Waals surface area contributed by atoms with E-state index in [0.29, 0.717) is 13.0 Å². The van der Waals surface area contributed by atoms with E-state index in [0.717, 1.165) is 28.8 Å². The molecule has 0 bridgehead atoms. The van der Waals surface area contributed by atoms with E-state index in [2.05, 4.69) is 46.3 Å². The molecule has 10 heteroatoms. The molecule has 2 N–H and O–H groups in total. The second kappa shape index (κ2) is 11.9. The van der Waals surface area contributed by atoms with Gasteiger partial charge >= 0.3 is 0 Å². The van der Waals surface area contributed by atoms with Gasteiger partial charge in [0.2, 0.25) is 11.8 Å². The maximum absolute atomic E-state index is 13.8. The van der Waals surface area contributed by atoms with Crippen molar-refractivity contribution in [3.8, 4) is 0 Å². The molecule has 3 heterocycles. The maximum Gasteiger partial charge on any atom is 0.248 e. The van der Waals surface area contributed by atoms with Crippen LogP contribution in [0, 0.1) is 5.92 Å². The number of aliphatic imine (C=N–C) groups is 1. The molecule has 1 fully saturated rings. The molecule has 216 valence electrons. The lowest BCUT2D eigenvalue weighted by Crippen LogP contribution is -2.50. The summed E-state index contributed by atoms with van der Waals surface area (Å²) in [5.74, 6) is -0.429. The van der Waals surface area contributed by atoms with Crippen LogP contribution in [0.15, 0.2) is 47.2 Å². The smallest absolute Gasteiger partial charge is 0.248 e. The molecular formula is C30H43N7O3. The third kappa shape index (κ3) is 6.11. The molecule has 1 aromatic carbocycles. The Morgan fingerprint density at radius 1 is 1.18 bits per heavy atom. The van der Waals surface area contributed by atoms with Gasteiger partial charge in [-0.15, -0.1) is 5.10 Å². The van der Waals surface area contributed by atoms with Crippen molar-refractivity contribution in [1.29, 1.82) is 0 Å². The summed E-state index contributed by atoms with van der Waals surface area (Å²) < 4.78 is 1.64. The van der Waals surface area contributed by atoms with E-state index in [1.807, 2.05) is 64.5 Å².